The van der Waals surface area contributed by atoms with E-state index in [-0.39, 0.29) is 18.4 Å². The Morgan fingerprint density at radius 3 is 2.48 bits per heavy atom. The van der Waals surface area contributed by atoms with Gasteiger partial charge in [0.05, 0.1) is 18.8 Å². The highest BCUT2D eigenvalue weighted by atomic mass is 16.5. The standard InChI is InChI=1S/C15H23N3O3/c1-4-21-13-6-5-11(7-12(13)16)15(20)18(8-10(2)3)9-14(17)19/h5-7,10H,4,8-9,16H2,1-3H3,(H2,17,19). The SMILES string of the molecule is CCOc1ccc(C(=O)N(CC(N)=O)CC(C)C)cc1N. The van der Waals surface area contributed by atoms with Crippen LogP contribution in [0.25, 0.3) is 0 Å². The molecule has 1 aromatic rings. The monoisotopic (exact) mass is 293 g/mol. The van der Waals surface area contributed by atoms with Gasteiger partial charge in [-0.25, -0.2) is 0 Å². The van der Waals surface area contributed by atoms with E-state index in [9.17, 15) is 9.59 Å². The van der Waals surface area contributed by atoms with Crippen LogP contribution >= 0.6 is 0 Å². The molecule has 0 saturated heterocycles. The zero-order chi connectivity index (χ0) is 16.0. The van der Waals surface area contributed by atoms with Gasteiger partial charge in [-0.1, -0.05) is 13.8 Å². The molecule has 4 N–H and O–H groups in total. The number of nitrogens with zero attached hydrogens (tertiary/aromatic N) is 1. The quantitative estimate of drug-likeness (QED) is 0.739. The first-order chi connectivity index (χ1) is 9.85. The summed E-state index contributed by atoms with van der Waals surface area (Å²) in [6.07, 6.45) is 0. The second-order valence-corrected chi connectivity index (χ2v) is 5.23. The Kier molecular flexibility index (Phi) is 6.02. The number of ether oxygens (including phenoxy) is 1. The molecule has 0 aliphatic rings. The van der Waals surface area contributed by atoms with E-state index in [4.69, 9.17) is 16.2 Å². The molecule has 0 aliphatic carbocycles. The smallest absolute Gasteiger partial charge is 0.254 e. The number of benzene rings is 1. The van der Waals surface area contributed by atoms with E-state index >= 15 is 0 Å². The molecule has 0 heterocycles. The topological polar surface area (TPSA) is 98.6 Å². The molecule has 6 nitrogen and oxygen atoms in total. The Labute approximate surface area is 125 Å². The van der Waals surface area contributed by atoms with Gasteiger partial charge >= 0.3 is 0 Å². The lowest BCUT2D eigenvalue weighted by Gasteiger charge is -2.23. The molecule has 0 saturated carbocycles. The number of hydrogen-bond donors (Lipinski definition) is 2. The summed E-state index contributed by atoms with van der Waals surface area (Å²) >= 11 is 0. The van der Waals surface area contributed by atoms with Crippen molar-refractivity contribution in [1.29, 1.82) is 0 Å². The lowest BCUT2D eigenvalue weighted by atomic mass is 10.1. The van der Waals surface area contributed by atoms with Crippen molar-refractivity contribution < 1.29 is 14.3 Å². The van der Waals surface area contributed by atoms with E-state index in [1.54, 1.807) is 18.2 Å². The number of nitrogen functional groups attached to an aromatic ring is 1. The third-order valence-electron chi connectivity index (χ3n) is 2.78. The highest BCUT2D eigenvalue weighted by Gasteiger charge is 2.19. The van der Waals surface area contributed by atoms with Gasteiger partial charge in [0.15, 0.2) is 0 Å². The van der Waals surface area contributed by atoms with Crippen LogP contribution in [0.4, 0.5) is 5.69 Å². The predicted octanol–water partition coefficient (Wildman–Crippen LogP) is 1.25. The Morgan fingerprint density at radius 1 is 1.33 bits per heavy atom. The van der Waals surface area contributed by atoms with E-state index in [0.29, 0.717) is 30.2 Å². The maximum absolute atomic E-state index is 12.5. The molecule has 0 aliphatic heterocycles. The number of hydrogen-bond acceptors (Lipinski definition) is 4. The number of carbonyl (C=O) groups excluding carboxylic acids is 2. The first kappa shape index (κ1) is 16.8. The molecular weight excluding hydrogens is 270 g/mol. The summed E-state index contributed by atoms with van der Waals surface area (Å²) in [5.74, 6) is -0.0344. The number of amides is 2. The molecule has 1 rings (SSSR count). The third-order valence-corrected chi connectivity index (χ3v) is 2.78. The van der Waals surface area contributed by atoms with E-state index in [1.807, 2.05) is 20.8 Å². The van der Waals surface area contributed by atoms with E-state index < -0.39 is 5.91 Å². The zero-order valence-corrected chi connectivity index (χ0v) is 12.8. The van der Waals surface area contributed by atoms with Crippen molar-refractivity contribution >= 4 is 17.5 Å². The van der Waals surface area contributed by atoms with E-state index in [1.165, 1.54) is 4.90 Å². The number of carbonyl (C=O) groups is 2. The van der Waals surface area contributed by atoms with Gasteiger partial charge in [0, 0.05) is 12.1 Å². The van der Waals surface area contributed by atoms with Crippen LogP contribution in [-0.2, 0) is 4.79 Å². The van der Waals surface area contributed by atoms with Crippen molar-refractivity contribution in [2.24, 2.45) is 11.7 Å². The first-order valence-corrected chi connectivity index (χ1v) is 6.95. The van der Waals surface area contributed by atoms with E-state index in [0.717, 1.165) is 0 Å². The molecule has 0 bridgehead atoms. The average Bonchev–Trinajstić information content (AvgIpc) is 2.38. The van der Waals surface area contributed by atoms with Gasteiger partial charge in [-0.2, -0.15) is 0 Å². The maximum atomic E-state index is 12.5. The van der Waals surface area contributed by atoms with Crippen molar-refractivity contribution in [3.05, 3.63) is 23.8 Å². The van der Waals surface area contributed by atoms with Crippen molar-refractivity contribution in [3.8, 4) is 5.75 Å². The van der Waals surface area contributed by atoms with Crippen molar-refractivity contribution in [2.45, 2.75) is 20.8 Å². The van der Waals surface area contributed by atoms with Crippen LogP contribution in [-0.4, -0.2) is 36.4 Å². The van der Waals surface area contributed by atoms with Gasteiger partial charge in [0.2, 0.25) is 5.91 Å². The third kappa shape index (κ3) is 4.98. The van der Waals surface area contributed by atoms with Gasteiger partial charge in [0.1, 0.15) is 5.75 Å². The average molecular weight is 293 g/mol. The van der Waals surface area contributed by atoms with Crippen LogP contribution in [0.5, 0.6) is 5.75 Å². The first-order valence-electron chi connectivity index (χ1n) is 6.95. The molecule has 116 valence electrons. The lowest BCUT2D eigenvalue weighted by Crippen LogP contribution is -2.40. The lowest BCUT2D eigenvalue weighted by molar-refractivity contribution is -0.118. The molecule has 6 heteroatoms. The molecule has 0 aromatic heterocycles. The molecule has 0 fully saturated rings. The van der Waals surface area contributed by atoms with Crippen LogP contribution in [0.2, 0.25) is 0 Å². The summed E-state index contributed by atoms with van der Waals surface area (Å²) < 4.78 is 5.34. The summed E-state index contributed by atoms with van der Waals surface area (Å²) in [5, 5.41) is 0. The normalized spacial score (nSPS) is 10.5. The van der Waals surface area contributed by atoms with Crippen LogP contribution in [0.15, 0.2) is 18.2 Å². The van der Waals surface area contributed by atoms with Crippen LogP contribution < -0.4 is 16.2 Å². The summed E-state index contributed by atoms with van der Waals surface area (Å²) in [5.41, 5.74) is 11.9. The summed E-state index contributed by atoms with van der Waals surface area (Å²) in [7, 11) is 0. The predicted molar refractivity (Wildman–Crippen MR) is 82.0 cm³/mol. The fraction of sp³-hybridized carbons (Fsp3) is 0.467. The van der Waals surface area contributed by atoms with Crippen molar-refractivity contribution in [3.63, 3.8) is 0 Å². The number of nitrogens with two attached hydrogens (primary N) is 2. The highest BCUT2D eigenvalue weighted by Crippen LogP contribution is 2.23. The minimum atomic E-state index is -0.539. The van der Waals surface area contributed by atoms with Gasteiger partial charge < -0.3 is 21.1 Å². The summed E-state index contributed by atoms with van der Waals surface area (Å²) in [6, 6.07) is 4.85. The molecule has 0 unspecified atom stereocenters. The molecule has 0 atom stereocenters. The van der Waals surface area contributed by atoms with Gasteiger partial charge in [-0.15, -0.1) is 0 Å². The maximum Gasteiger partial charge on any atom is 0.254 e. The Balaban J connectivity index is 2.97. The Morgan fingerprint density at radius 2 is 2.00 bits per heavy atom. The van der Waals surface area contributed by atoms with Gasteiger partial charge in [-0.3, -0.25) is 9.59 Å². The molecule has 0 spiro atoms. The highest BCUT2D eigenvalue weighted by molar-refractivity contribution is 5.97. The van der Waals surface area contributed by atoms with Gasteiger partial charge in [0.25, 0.3) is 5.91 Å². The van der Waals surface area contributed by atoms with Gasteiger partial charge in [-0.05, 0) is 31.0 Å². The number of anilines is 1. The van der Waals surface area contributed by atoms with Crippen molar-refractivity contribution in [2.75, 3.05) is 25.4 Å². The second-order valence-electron chi connectivity index (χ2n) is 5.23. The summed E-state index contributed by atoms with van der Waals surface area (Å²) in [4.78, 5) is 25.0. The van der Waals surface area contributed by atoms with Crippen LogP contribution in [0.1, 0.15) is 31.1 Å². The number of rotatable bonds is 7. The second kappa shape index (κ2) is 7.52. The minimum Gasteiger partial charge on any atom is -0.492 e. The summed E-state index contributed by atoms with van der Waals surface area (Å²) in [6.45, 7) is 6.63. The fourth-order valence-electron chi connectivity index (χ4n) is 2.00. The molecular formula is C15H23N3O3. The molecule has 2 amide bonds. The molecule has 21 heavy (non-hydrogen) atoms. The minimum absolute atomic E-state index is 0.107. The Bertz CT molecular complexity index is 515. The molecule has 0 radical (unpaired) electrons. The number of primary amides is 1. The molecule has 1 aromatic carbocycles. The van der Waals surface area contributed by atoms with Crippen LogP contribution in [0, 0.1) is 5.92 Å². The Hall–Kier alpha value is -2.24. The zero-order valence-electron chi connectivity index (χ0n) is 12.8. The van der Waals surface area contributed by atoms with E-state index in [2.05, 4.69) is 0 Å². The van der Waals surface area contributed by atoms with Crippen molar-refractivity contribution in [1.82, 2.24) is 4.90 Å². The van der Waals surface area contributed by atoms with Crippen LogP contribution in [0.3, 0.4) is 0 Å². The largest absolute Gasteiger partial charge is 0.492 e. The fourth-order valence-corrected chi connectivity index (χ4v) is 2.00.